The van der Waals surface area contributed by atoms with E-state index in [9.17, 15) is 0 Å². The largest absolute Gasteiger partial charge is 0.497 e. The number of hydrogen-bond acceptors (Lipinski definition) is 3. The van der Waals surface area contributed by atoms with E-state index in [-0.39, 0.29) is 0 Å². The Morgan fingerprint density at radius 2 is 1.45 bits per heavy atom. The summed E-state index contributed by atoms with van der Waals surface area (Å²) in [5.74, 6) is 2.05. The van der Waals surface area contributed by atoms with Gasteiger partial charge in [-0.15, -0.1) is 0 Å². The van der Waals surface area contributed by atoms with Crippen molar-refractivity contribution in [1.82, 2.24) is 0 Å². The number of benzene rings is 2. The molecule has 0 fully saturated rings. The fraction of sp³-hybridized carbons (Fsp3) is 0.263. The maximum atomic E-state index is 5.18. The summed E-state index contributed by atoms with van der Waals surface area (Å²) in [6.07, 6.45) is 0. The van der Waals surface area contributed by atoms with Gasteiger partial charge in [0.1, 0.15) is 11.5 Å². The molecular formula is C19H23NO2. The van der Waals surface area contributed by atoms with Crippen LogP contribution in [-0.4, -0.2) is 20.8 Å². The third-order valence-corrected chi connectivity index (χ3v) is 3.76. The number of methoxy groups -OCH3 is 2. The second-order valence-electron chi connectivity index (χ2n) is 5.26. The molecule has 22 heavy (non-hydrogen) atoms. The summed E-state index contributed by atoms with van der Waals surface area (Å²) in [5.41, 5.74) is 3.34. The van der Waals surface area contributed by atoms with E-state index >= 15 is 0 Å². The molecule has 0 saturated heterocycles. The first-order valence-electron chi connectivity index (χ1n) is 7.35. The SMILES string of the molecule is C=C(c1ccc(OC)cc1)C(C)CNc1ccc(OC)cc1. The van der Waals surface area contributed by atoms with E-state index in [0.29, 0.717) is 5.92 Å². The molecule has 0 saturated carbocycles. The number of hydrogen-bond donors (Lipinski definition) is 1. The minimum atomic E-state index is 0.329. The lowest BCUT2D eigenvalue weighted by Crippen LogP contribution is -2.12. The first-order chi connectivity index (χ1) is 10.6. The van der Waals surface area contributed by atoms with Gasteiger partial charge in [0.15, 0.2) is 0 Å². The second-order valence-corrected chi connectivity index (χ2v) is 5.26. The molecule has 3 heteroatoms. The van der Waals surface area contributed by atoms with Crippen molar-refractivity contribution in [2.45, 2.75) is 6.92 Å². The molecule has 0 aliphatic rings. The number of nitrogens with one attached hydrogen (secondary N) is 1. The topological polar surface area (TPSA) is 30.5 Å². The molecule has 1 unspecified atom stereocenters. The Bertz CT molecular complexity index is 602. The summed E-state index contributed by atoms with van der Waals surface area (Å²) in [5, 5.41) is 3.43. The average molecular weight is 297 g/mol. The molecule has 1 N–H and O–H groups in total. The first kappa shape index (κ1) is 16.0. The van der Waals surface area contributed by atoms with Gasteiger partial charge in [-0.3, -0.25) is 0 Å². The summed E-state index contributed by atoms with van der Waals surface area (Å²) < 4.78 is 10.3. The number of rotatable bonds is 7. The molecule has 2 aromatic rings. The minimum Gasteiger partial charge on any atom is -0.497 e. The van der Waals surface area contributed by atoms with E-state index in [1.54, 1.807) is 14.2 Å². The molecule has 0 radical (unpaired) electrons. The zero-order chi connectivity index (χ0) is 15.9. The average Bonchev–Trinajstić information content (AvgIpc) is 2.59. The lowest BCUT2D eigenvalue weighted by molar-refractivity contribution is 0.414. The third kappa shape index (κ3) is 4.04. The van der Waals surface area contributed by atoms with Crippen molar-refractivity contribution < 1.29 is 9.47 Å². The second kappa shape index (κ2) is 7.55. The number of anilines is 1. The summed E-state index contributed by atoms with van der Waals surface area (Å²) in [6, 6.07) is 15.9. The Hall–Kier alpha value is -2.42. The van der Waals surface area contributed by atoms with Crippen LogP contribution in [0.4, 0.5) is 5.69 Å². The van der Waals surface area contributed by atoms with E-state index in [1.807, 2.05) is 48.5 Å². The fourth-order valence-corrected chi connectivity index (χ4v) is 2.19. The highest BCUT2D eigenvalue weighted by atomic mass is 16.5. The third-order valence-electron chi connectivity index (χ3n) is 3.76. The highest BCUT2D eigenvalue weighted by Gasteiger charge is 2.09. The van der Waals surface area contributed by atoms with Crippen LogP contribution < -0.4 is 14.8 Å². The van der Waals surface area contributed by atoms with Crippen LogP contribution in [-0.2, 0) is 0 Å². The van der Waals surface area contributed by atoms with E-state index in [0.717, 1.165) is 34.9 Å². The lowest BCUT2D eigenvalue weighted by Gasteiger charge is -2.17. The van der Waals surface area contributed by atoms with Gasteiger partial charge in [-0.25, -0.2) is 0 Å². The molecule has 2 aromatic carbocycles. The zero-order valence-corrected chi connectivity index (χ0v) is 13.4. The van der Waals surface area contributed by atoms with Gasteiger partial charge in [0.05, 0.1) is 14.2 Å². The van der Waals surface area contributed by atoms with Crippen LogP contribution in [0.1, 0.15) is 12.5 Å². The summed E-state index contributed by atoms with van der Waals surface area (Å²) in [4.78, 5) is 0. The van der Waals surface area contributed by atoms with Gasteiger partial charge >= 0.3 is 0 Å². The van der Waals surface area contributed by atoms with Crippen molar-refractivity contribution in [2.24, 2.45) is 5.92 Å². The first-order valence-corrected chi connectivity index (χ1v) is 7.35. The van der Waals surface area contributed by atoms with E-state index in [2.05, 4.69) is 18.8 Å². The molecule has 0 spiro atoms. The summed E-state index contributed by atoms with van der Waals surface area (Å²) in [6.45, 7) is 7.22. The van der Waals surface area contributed by atoms with Gasteiger partial charge in [-0.2, -0.15) is 0 Å². The summed E-state index contributed by atoms with van der Waals surface area (Å²) in [7, 11) is 3.34. The molecule has 0 amide bonds. The van der Waals surface area contributed by atoms with Gasteiger partial charge in [-0.05, 0) is 53.5 Å². The minimum absolute atomic E-state index is 0.329. The molecule has 0 aromatic heterocycles. The van der Waals surface area contributed by atoms with E-state index in [1.165, 1.54) is 0 Å². The molecule has 0 bridgehead atoms. The maximum Gasteiger partial charge on any atom is 0.119 e. The Labute approximate surface area is 132 Å². The van der Waals surface area contributed by atoms with E-state index in [4.69, 9.17) is 9.47 Å². The molecular weight excluding hydrogens is 274 g/mol. The van der Waals surface area contributed by atoms with Gasteiger partial charge in [0.25, 0.3) is 0 Å². The monoisotopic (exact) mass is 297 g/mol. The van der Waals surface area contributed by atoms with Crippen LogP contribution >= 0.6 is 0 Å². The number of ether oxygens (including phenoxy) is 2. The molecule has 0 aliphatic carbocycles. The van der Waals surface area contributed by atoms with Crippen LogP contribution in [0, 0.1) is 5.92 Å². The molecule has 3 nitrogen and oxygen atoms in total. The Kier molecular flexibility index (Phi) is 5.48. The van der Waals surface area contributed by atoms with Gasteiger partial charge in [0.2, 0.25) is 0 Å². The Balaban J connectivity index is 1.92. The van der Waals surface area contributed by atoms with Crippen molar-refractivity contribution >= 4 is 11.3 Å². The van der Waals surface area contributed by atoms with Crippen molar-refractivity contribution in [3.05, 3.63) is 60.7 Å². The summed E-state index contributed by atoms with van der Waals surface area (Å²) >= 11 is 0. The highest BCUT2D eigenvalue weighted by Crippen LogP contribution is 2.24. The quantitative estimate of drug-likeness (QED) is 0.818. The predicted molar refractivity (Wildman–Crippen MR) is 92.7 cm³/mol. The van der Waals surface area contributed by atoms with Crippen LogP contribution in [0.25, 0.3) is 5.57 Å². The standard InChI is InChI=1S/C19H23NO2/c1-14(13-20-17-7-11-19(22-4)12-8-17)15(2)16-5-9-18(21-3)10-6-16/h5-12,14,20H,2,13H2,1,3-4H3. The highest BCUT2D eigenvalue weighted by molar-refractivity contribution is 5.66. The van der Waals surface area contributed by atoms with Crippen molar-refractivity contribution in [3.8, 4) is 11.5 Å². The molecule has 0 heterocycles. The van der Waals surface area contributed by atoms with Gasteiger partial charge in [-0.1, -0.05) is 25.6 Å². The fourth-order valence-electron chi connectivity index (χ4n) is 2.19. The molecule has 1 atom stereocenters. The van der Waals surface area contributed by atoms with Crippen LogP contribution in [0.3, 0.4) is 0 Å². The maximum absolute atomic E-state index is 5.18. The van der Waals surface area contributed by atoms with Crippen LogP contribution in [0.15, 0.2) is 55.1 Å². The molecule has 0 aliphatic heterocycles. The van der Waals surface area contributed by atoms with E-state index < -0.39 is 0 Å². The van der Waals surface area contributed by atoms with Crippen molar-refractivity contribution in [3.63, 3.8) is 0 Å². The zero-order valence-electron chi connectivity index (χ0n) is 13.4. The van der Waals surface area contributed by atoms with Crippen molar-refractivity contribution in [1.29, 1.82) is 0 Å². The van der Waals surface area contributed by atoms with Gasteiger partial charge in [0, 0.05) is 12.2 Å². The molecule has 116 valence electrons. The van der Waals surface area contributed by atoms with Gasteiger partial charge < -0.3 is 14.8 Å². The normalized spacial score (nSPS) is 11.6. The predicted octanol–water partition coefficient (Wildman–Crippen LogP) is 4.47. The van der Waals surface area contributed by atoms with Crippen LogP contribution in [0.5, 0.6) is 11.5 Å². The molecule has 2 rings (SSSR count). The Morgan fingerprint density at radius 3 is 1.95 bits per heavy atom. The van der Waals surface area contributed by atoms with Crippen LogP contribution in [0.2, 0.25) is 0 Å². The Morgan fingerprint density at radius 1 is 0.955 bits per heavy atom. The lowest BCUT2D eigenvalue weighted by atomic mass is 9.95. The van der Waals surface area contributed by atoms with Crippen molar-refractivity contribution in [2.75, 3.05) is 26.1 Å². The smallest absolute Gasteiger partial charge is 0.119 e.